The molecule has 0 bridgehead atoms. The number of benzene rings is 2. The Hall–Kier alpha value is -4.01. The molecular formula is C24H24N4O5. The first kappa shape index (κ1) is 22.2. The molecule has 0 radical (unpaired) electrons. The van der Waals surface area contributed by atoms with E-state index < -0.39 is 10.7 Å². The predicted octanol–water partition coefficient (Wildman–Crippen LogP) is 4.87. The van der Waals surface area contributed by atoms with Crippen molar-refractivity contribution < 1.29 is 19.2 Å². The van der Waals surface area contributed by atoms with Crippen LogP contribution in [-0.2, 0) is 11.8 Å². The lowest BCUT2D eigenvalue weighted by Gasteiger charge is -2.20. The van der Waals surface area contributed by atoms with Crippen molar-refractivity contribution in [2.45, 2.75) is 32.1 Å². The highest BCUT2D eigenvalue weighted by atomic mass is 16.6. The number of imidazole rings is 1. The molecule has 9 heteroatoms. The molecule has 3 aromatic rings. The fourth-order valence-corrected chi connectivity index (χ4v) is 3.94. The summed E-state index contributed by atoms with van der Waals surface area (Å²) in [5.74, 6) is 0.211. The van der Waals surface area contributed by atoms with Crippen LogP contribution in [0.3, 0.4) is 0 Å². The largest absolute Gasteiger partial charge is 0.450 e. The van der Waals surface area contributed by atoms with Crippen LogP contribution in [0.25, 0.3) is 0 Å². The van der Waals surface area contributed by atoms with Gasteiger partial charge in [-0.3, -0.25) is 19.7 Å². The fourth-order valence-electron chi connectivity index (χ4n) is 3.94. The standard InChI is InChI=1S/C24H24N4O5/c1-27-14-13-25-23(27)22(29)17-7-12-21(20(15-17)28(31)32)33-19-10-8-18(9-11-19)26-24(30)16-5-3-2-4-6-16/h7-16H,2-6H2,1H3,(H,26,30). The Morgan fingerprint density at radius 1 is 1.12 bits per heavy atom. The third kappa shape index (κ3) is 5.08. The monoisotopic (exact) mass is 448 g/mol. The van der Waals surface area contributed by atoms with Crippen molar-refractivity contribution >= 4 is 23.1 Å². The van der Waals surface area contributed by atoms with Crippen LogP contribution in [0.1, 0.15) is 48.3 Å². The molecule has 1 aromatic heterocycles. The second kappa shape index (κ2) is 9.64. The maximum atomic E-state index is 12.6. The van der Waals surface area contributed by atoms with Crippen LogP contribution in [0.15, 0.2) is 54.9 Å². The Bertz CT molecular complexity index is 1180. The topological polar surface area (TPSA) is 116 Å². The van der Waals surface area contributed by atoms with Crippen molar-refractivity contribution in [3.05, 3.63) is 76.4 Å². The van der Waals surface area contributed by atoms with Gasteiger partial charge >= 0.3 is 5.69 Å². The van der Waals surface area contributed by atoms with Crippen LogP contribution >= 0.6 is 0 Å². The highest BCUT2D eigenvalue weighted by Gasteiger charge is 2.23. The van der Waals surface area contributed by atoms with E-state index >= 15 is 0 Å². The first-order chi connectivity index (χ1) is 15.9. The van der Waals surface area contributed by atoms with Crippen LogP contribution < -0.4 is 10.1 Å². The molecule has 1 aliphatic carbocycles. The van der Waals surface area contributed by atoms with Crippen molar-refractivity contribution in [3.8, 4) is 11.5 Å². The van der Waals surface area contributed by atoms with E-state index in [1.165, 1.54) is 30.8 Å². The maximum Gasteiger partial charge on any atom is 0.312 e. The normalized spacial score (nSPS) is 14.0. The number of ketones is 1. The van der Waals surface area contributed by atoms with E-state index in [0.29, 0.717) is 11.4 Å². The van der Waals surface area contributed by atoms with Gasteiger partial charge < -0.3 is 14.6 Å². The number of nitrogens with zero attached hydrogens (tertiary/aromatic N) is 3. The number of nitrogens with one attached hydrogen (secondary N) is 1. The van der Waals surface area contributed by atoms with Gasteiger partial charge in [-0.2, -0.15) is 0 Å². The SMILES string of the molecule is Cn1ccnc1C(=O)c1ccc(Oc2ccc(NC(=O)C3CCCCC3)cc2)c([N+](=O)[O-])c1. The van der Waals surface area contributed by atoms with E-state index in [-0.39, 0.29) is 34.6 Å². The number of nitro groups is 1. The summed E-state index contributed by atoms with van der Waals surface area (Å²) in [5, 5.41) is 14.5. The average molecular weight is 448 g/mol. The number of aromatic nitrogens is 2. The van der Waals surface area contributed by atoms with E-state index in [0.717, 1.165) is 25.7 Å². The predicted molar refractivity (Wildman–Crippen MR) is 121 cm³/mol. The van der Waals surface area contributed by atoms with Crippen LogP contribution in [0.2, 0.25) is 0 Å². The Morgan fingerprint density at radius 2 is 1.85 bits per heavy atom. The summed E-state index contributed by atoms with van der Waals surface area (Å²) in [6, 6.07) is 10.7. The van der Waals surface area contributed by atoms with Gasteiger partial charge in [0.25, 0.3) is 0 Å². The molecule has 170 valence electrons. The Kier molecular flexibility index (Phi) is 6.48. The third-order valence-corrected chi connectivity index (χ3v) is 5.77. The molecule has 1 aliphatic rings. The smallest absolute Gasteiger partial charge is 0.312 e. The molecule has 0 unspecified atom stereocenters. The molecule has 2 aromatic carbocycles. The van der Waals surface area contributed by atoms with Gasteiger partial charge in [-0.25, -0.2) is 4.98 Å². The summed E-state index contributed by atoms with van der Waals surface area (Å²) in [5.41, 5.74) is 0.456. The number of ether oxygens (including phenoxy) is 1. The summed E-state index contributed by atoms with van der Waals surface area (Å²) >= 11 is 0. The number of aryl methyl sites for hydroxylation is 1. The summed E-state index contributed by atoms with van der Waals surface area (Å²) in [4.78, 5) is 40.1. The summed E-state index contributed by atoms with van der Waals surface area (Å²) in [6.07, 6.45) is 8.27. The number of carbonyl (C=O) groups excluding carboxylic acids is 2. The minimum absolute atomic E-state index is 0.00961. The van der Waals surface area contributed by atoms with Gasteiger partial charge in [0, 0.05) is 42.7 Å². The Balaban J connectivity index is 1.47. The van der Waals surface area contributed by atoms with Gasteiger partial charge in [0.2, 0.25) is 17.4 Å². The molecule has 9 nitrogen and oxygen atoms in total. The van der Waals surface area contributed by atoms with E-state index in [4.69, 9.17) is 4.74 Å². The number of hydrogen-bond donors (Lipinski definition) is 1. The lowest BCUT2D eigenvalue weighted by atomic mass is 9.88. The molecule has 1 heterocycles. The number of rotatable bonds is 7. The van der Waals surface area contributed by atoms with Gasteiger partial charge in [-0.15, -0.1) is 0 Å². The highest BCUT2D eigenvalue weighted by Crippen LogP contribution is 2.33. The third-order valence-electron chi connectivity index (χ3n) is 5.77. The van der Waals surface area contributed by atoms with E-state index in [2.05, 4.69) is 10.3 Å². The molecule has 4 rings (SSSR count). The second-order valence-corrected chi connectivity index (χ2v) is 8.08. The molecule has 33 heavy (non-hydrogen) atoms. The van der Waals surface area contributed by atoms with Crippen molar-refractivity contribution in [1.82, 2.24) is 9.55 Å². The number of nitro benzene ring substituents is 1. The van der Waals surface area contributed by atoms with Gasteiger partial charge in [-0.05, 0) is 49.2 Å². The molecule has 1 fully saturated rings. The van der Waals surface area contributed by atoms with Gasteiger partial charge in [-0.1, -0.05) is 19.3 Å². The van der Waals surface area contributed by atoms with E-state index in [1.807, 2.05) is 0 Å². The zero-order valence-electron chi connectivity index (χ0n) is 18.2. The zero-order chi connectivity index (χ0) is 23.4. The fraction of sp³-hybridized carbons (Fsp3) is 0.292. The maximum absolute atomic E-state index is 12.6. The zero-order valence-corrected chi connectivity index (χ0v) is 18.2. The summed E-state index contributed by atoms with van der Waals surface area (Å²) in [6.45, 7) is 0. The lowest BCUT2D eigenvalue weighted by molar-refractivity contribution is -0.385. The van der Waals surface area contributed by atoms with Crippen molar-refractivity contribution in [3.63, 3.8) is 0 Å². The molecular weight excluding hydrogens is 424 g/mol. The molecule has 0 aliphatic heterocycles. The number of anilines is 1. The molecule has 1 N–H and O–H groups in total. The van der Waals surface area contributed by atoms with Crippen molar-refractivity contribution in [1.29, 1.82) is 0 Å². The van der Waals surface area contributed by atoms with Gasteiger partial charge in [0.15, 0.2) is 5.82 Å². The van der Waals surface area contributed by atoms with Crippen molar-refractivity contribution in [2.75, 3.05) is 5.32 Å². The first-order valence-electron chi connectivity index (χ1n) is 10.8. The highest BCUT2D eigenvalue weighted by molar-refractivity contribution is 6.07. The molecule has 0 saturated heterocycles. The first-order valence-corrected chi connectivity index (χ1v) is 10.8. The quantitative estimate of drug-likeness (QED) is 0.313. The van der Waals surface area contributed by atoms with Gasteiger partial charge in [0.05, 0.1) is 4.92 Å². The van der Waals surface area contributed by atoms with E-state index in [9.17, 15) is 19.7 Å². The molecule has 1 amide bonds. The Morgan fingerprint density at radius 3 is 2.48 bits per heavy atom. The number of hydrogen-bond acceptors (Lipinski definition) is 6. The number of carbonyl (C=O) groups is 2. The Labute approximate surface area is 190 Å². The second-order valence-electron chi connectivity index (χ2n) is 8.08. The lowest BCUT2D eigenvalue weighted by Crippen LogP contribution is -2.24. The van der Waals surface area contributed by atoms with Gasteiger partial charge in [0.1, 0.15) is 5.75 Å². The molecule has 0 spiro atoms. The minimum atomic E-state index is -0.594. The van der Waals surface area contributed by atoms with Crippen LogP contribution in [-0.4, -0.2) is 26.2 Å². The van der Waals surface area contributed by atoms with Crippen LogP contribution in [0, 0.1) is 16.0 Å². The number of amides is 1. The van der Waals surface area contributed by atoms with E-state index in [1.54, 1.807) is 42.1 Å². The minimum Gasteiger partial charge on any atom is -0.450 e. The molecule has 1 saturated carbocycles. The summed E-state index contributed by atoms with van der Waals surface area (Å²) < 4.78 is 7.26. The average Bonchev–Trinajstić information content (AvgIpc) is 3.26. The van der Waals surface area contributed by atoms with Crippen LogP contribution in [0.5, 0.6) is 11.5 Å². The molecule has 0 atom stereocenters. The summed E-state index contributed by atoms with van der Waals surface area (Å²) in [7, 11) is 1.67. The van der Waals surface area contributed by atoms with Crippen molar-refractivity contribution in [2.24, 2.45) is 13.0 Å². The van der Waals surface area contributed by atoms with Crippen LogP contribution in [0.4, 0.5) is 11.4 Å².